The third kappa shape index (κ3) is 3.95. The second-order valence-corrected chi connectivity index (χ2v) is 7.24. The number of hydrogen-bond donors (Lipinski definition) is 3. The minimum Gasteiger partial charge on any atom is -0.398 e. The van der Waals surface area contributed by atoms with Crippen LogP contribution < -0.4 is 15.2 Å². The molecule has 0 heterocycles. The number of para-hydroxylation sites is 1. The Bertz CT molecular complexity index is 610. The molecule has 0 aliphatic carbocycles. The molecule has 9 heteroatoms. The molecule has 7 nitrogen and oxygen atoms in total. The second kappa shape index (κ2) is 5.65. The summed E-state index contributed by atoms with van der Waals surface area (Å²) in [6, 6.07) is 5.96. The Balaban J connectivity index is 2.76. The van der Waals surface area contributed by atoms with Crippen LogP contribution in [0.3, 0.4) is 0 Å². The minimum absolute atomic E-state index is 0.0631. The lowest BCUT2D eigenvalue weighted by Crippen LogP contribution is -2.33. The highest BCUT2D eigenvalue weighted by Gasteiger charge is 2.17. The van der Waals surface area contributed by atoms with Crippen LogP contribution in [0.5, 0.6) is 0 Å². The van der Waals surface area contributed by atoms with E-state index in [0.717, 1.165) is 0 Å². The smallest absolute Gasteiger partial charge is 0.242 e. The zero-order chi connectivity index (χ0) is 13.8. The summed E-state index contributed by atoms with van der Waals surface area (Å²) in [6.07, 6.45) is 0. The number of rotatable bonds is 6. The zero-order valence-electron chi connectivity index (χ0n) is 9.75. The molecule has 0 spiro atoms. The lowest BCUT2D eigenvalue weighted by Gasteiger charge is -2.08. The van der Waals surface area contributed by atoms with Gasteiger partial charge in [0.15, 0.2) is 0 Å². The summed E-state index contributed by atoms with van der Waals surface area (Å²) in [7, 11) is -5.97. The minimum atomic E-state index is -3.79. The fraction of sp³-hybridized carbons (Fsp3) is 0.333. The summed E-state index contributed by atoms with van der Waals surface area (Å²) in [4.78, 5) is -0.0631. The van der Waals surface area contributed by atoms with Crippen LogP contribution in [0.2, 0.25) is 0 Å². The van der Waals surface area contributed by atoms with Crippen molar-refractivity contribution >= 4 is 25.7 Å². The lowest BCUT2D eigenvalue weighted by atomic mass is 10.3. The first-order valence-electron chi connectivity index (χ1n) is 5.04. The van der Waals surface area contributed by atoms with E-state index in [9.17, 15) is 16.8 Å². The fourth-order valence-corrected chi connectivity index (χ4v) is 3.08. The van der Waals surface area contributed by atoms with Gasteiger partial charge in [-0.3, -0.25) is 0 Å². The van der Waals surface area contributed by atoms with Crippen LogP contribution in [0, 0.1) is 0 Å². The number of nitrogens with one attached hydrogen (secondary N) is 2. The van der Waals surface area contributed by atoms with Crippen molar-refractivity contribution in [1.82, 2.24) is 9.44 Å². The first-order chi connectivity index (χ1) is 8.28. The van der Waals surface area contributed by atoms with Crippen LogP contribution in [0.4, 0.5) is 5.69 Å². The lowest BCUT2D eigenvalue weighted by molar-refractivity contribution is 0.579. The number of sulfonamides is 2. The highest BCUT2D eigenvalue weighted by molar-refractivity contribution is 7.90. The second-order valence-electron chi connectivity index (χ2n) is 3.46. The van der Waals surface area contributed by atoms with Gasteiger partial charge in [0.2, 0.25) is 20.0 Å². The summed E-state index contributed by atoms with van der Waals surface area (Å²) < 4.78 is 50.1. The molecule has 1 aromatic rings. The van der Waals surface area contributed by atoms with Gasteiger partial charge in [-0.1, -0.05) is 12.1 Å². The molecule has 0 unspecified atom stereocenters. The average molecular weight is 293 g/mol. The number of benzene rings is 1. The molecule has 0 radical (unpaired) electrons. The van der Waals surface area contributed by atoms with Crippen LogP contribution in [0.25, 0.3) is 0 Å². The molecule has 4 N–H and O–H groups in total. The summed E-state index contributed by atoms with van der Waals surface area (Å²) in [5.74, 6) is -0.338. The Morgan fingerprint density at radius 1 is 1.17 bits per heavy atom. The van der Waals surface area contributed by atoms with Gasteiger partial charge >= 0.3 is 0 Å². The molecule has 0 aromatic heterocycles. The standard InChI is InChI=1S/C9H15N3O4S2/c1-11-17(13,14)7-6-12-18(15,16)9-5-3-2-4-8(9)10/h2-5,11-12H,6-7,10H2,1H3. The molecule has 0 fully saturated rings. The van der Waals surface area contributed by atoms with E-state index in [-0.39, 0.29) is 22.9 Å². The van der Waals surface area contributed by atoms with Crippen molar-refractivity contribution in [2.24, 2.45) is 0 Å². The normalized spacial score (nSPS) is 12.5. The molecule has 0 bridgehead atoms. The number of nitrogen functional groups attached to an aromatic ring is 1. The van der Waals surface area contributed by atoms with E-state index in [0.29, 0.717) is 0 Å². The molecule has 0 saturated heterocycles. The van der Waals surface area contributed by atoms with Crippen molar-refractivity contribution in [3.63, 3.8) is 0 Å². The van der Waals surface area contributed by atoms with Crippen molar-refractivity contribution in [3.05, 3.63) is 24.3 Å². The zero-order valence-corrected chi connectivity index (χ0v) is 11.4. The maximum absolute atomic E-state index is 11.8. The predicted molar refractivity (Wildman–Crippen MR) is 68.9 cm³/mol. The van der Waals surface area contributed by atoms with Crippen molar-refractivity contribution in [2.45, 2.75) is 4.90 Å². The molecule has 1 aromatic carbocycles. The Morgan fingerprint density at radius 2 is 1.78 bits per heavy atom. The molecule has 0 atom stereocenters. The van der Waals surface area contributed by atoms with Crippen molar-refractivity contribution in [3.8, 4) is 0 Å². The topological polar surface area (TPSA) is 118 Å². The molecule has 1 rings (SSSR count). The van der Waals surface area contributed by atoms with Crippen molar-refractivity contribution in [2.75, 3.05) is 25.1 Å². The van der Waals surface area contributed by atoms with Gasteiger partial charge in [-0.2, -0.15) is 0 Å². The molecular weight excluding hydrogens is 278 g/mol. The first kappa shape index (κ1) is 14.9. The maximum atomic E-state index is 11.8. The van der Waals surface area contributed by atoms with Crippen LogP contribution >= 0.6 is 0 Å². The SMILES string of the molecule is CNS(=O)(=O)CCNS(=O)(=O)c1ccccc1N. The number of nitrogens with two attached hydrogens (primary N) is 1. The monoisotopic (exact) mass is 293 g/mol. The van der Waals surface area contributed by atoms with Gasteiger partial charge in [-0.15, -0.1) is 0 Å². The number of anilines is 1. The molecular formula is C9H15N3O4S2. The van der Waals surface area contributed by atoms with Crippen molar-refractivity contribution in [1.29, 1.82) is 0 Å². The van der Waals surface area contributed by atoms with E-state index in [1.807, 2.05) is 0 Å². The summed E-state index contributed by atoms with van der Waals surface area (Å²) >= 11 is 0. The summed E-state index contributed by atoms with van der Waals surface area (Å²) in [5, 5.41) is 0. The third-order valence-corrected chi connectivity index (χ3v) is 5.08. The van der Waals surface area contributed by atoms with E-state index in [2.05, 4.69) is 9.44 Å². The first-order valence-corrected chi connectivity index (χ1v) is 8.17. The highest BCUT2D eigenvalue weighted by atomic mass is 32.2. The van der Waals surface area contributed by atoms with Crippen LogP contribution in [0.15, 0.2) is 29.2 Å². The molecule has 0 saturated carbocycles. The van der Waals surface area contributed by atoms with E-state index < -0.39 is 20.0 Å². The van der Waals surface area contributed by atoms with E-state index in [1.54, 1.807) is 6.07 Å². The quantitative estimate of drug-likeness (QED) is 0.587. The molecule has 0 aliphatic rings. The van der Waals surface area contributed by atoms with Gasteiger partial charge < -0.3 is 5.73 Å². The van der Waals surface area contributed by atoms with Crippen LogP contribution in [0.1, 0.15) is 0 Å². The highest BCUT2D eigenvalue weighted by Crippen LogP contribution is 2.16. The molecule has 0 amide bonds. The largest absolute Gasteiger partial charge is 0.398 e. The van der Waals surface area contributed by atoms with E-state index >= 15 is 0 Å². The van der Waals surface area contributed by atoms with E-state index in [4.69, 9.17) is 5.73 Å². The van der Waals surface area contributed by atoms with Gasteiger partial charge in [0.05, 0.1) is 11.4 Å². The Labute approximate surface area is 106 Å². The molecule has 102 valence electrons. The molecule has 0 aliphatic heterocycles. The number of hydrogen-bond acceptors (Lipinski definition) is 5. The third-order valence-electron chi connectivity index (χ3n) is 2.18. The summed E-state index contributed by atoms with van der Waals surface area (Å²) in [6.45, 7) is -0.222. The van der Waals surface area contributed by atoms with E-state index in [1.165, 1.54) is 25.2 Å². The summed E-state index contributed by atoms with van der Waals surface area (Å²) in [5.41, 5.74) is 5.65. The molecule has 18 heavy (non-hydrogen) atoms. The van der Waals surface area contributed by atoms with Gasteiger partial charge in [-0.25, -0.2) is 26.3 Å². The Hall–Kier alpha value is -1.16. The maximum Gasteiger partial charge on any atom is 0.242 e. The van der Waals surface area contributed by atoms with Crippen LogP contribution in [-0.4, -0.2) is 36.2 Å². The van der Waals surface area contributed by atoms with Crippen molar-refractivity contribution < 1.29 is 16.8 Å². The Morgan fingerprint density at radius 3 is 2.33 bits per heavy atom. The fourth-order valence-electron chi connectivity index (χ4n) is 1.22. The van der Waals surface area contributed by atoms with Gasteiger partial charge in [0.25, 0.3) is 0 Å². The van der Waals surface area contributed by atoms with Gasteiger partial charge in [0.1, 0.15) is 4.90 Å². The average Bonchev–Trinajstić information content (AvgIpc) is 2.29. The Kier molecular flexibility index (Phi) is 4.68. The van der Waals surface area contributed by atoms with Crippen LogP contribution in [-0.2, 0) is 20.0 Å². The van der Waals surface area contributed by atoms with Gasteiger partial charge in [0, 0.05) is 6.54 Å². The predicted octanol–water partition coefficient (Wildman–Crippen LogP) is -0.904. The van der Waals surface area contributed by atoms with Gasteiger partial charge in [-0.05, 0) is 19.2 Å².